The highest BCUT2D eigenvalue weighted by Crippen LogP contribution is 2.37. The zero-order chi connectivity index (χ0) is 18.3. The number of unbranched alkanes of at least 4 members (excludes halogenated alkanes) is 2. The van der Waals surface area contributed by atoms with Gasteiger partial charge in [-0.05, 0) is 43.4 Å². The Bertz CT molecular complexity index is 551. The molecule has 1 aliphatic rings. The van der Waals surface area contributed by atoms with Crippen molar-refractivity contribution in [2.75, 3.05) is 6.61 Å². The van der Waals surface area contributed by atoms with Gasteiger partial charge >= 0.3 is 0 Å². The van der Waals surface area contributed by atoms with E-state index >= 15 is 0 Å². The highest BCUT2D eigenvalue weighted by Gasteiger charge is 2.35. The van der Waals surface area contributed by atoms with Crippen LogP contribution in [0.25, 0.3) is 0 Å². The zero-order valence-corrected chi connectivity index (χ0v) is 19.3. The van der Waals surface area contributed by atoms with Crippen LogP contribution in [0.4, 0.5) is 0 Å². The molecule has 1 aromatic rings. The summed E-state index contributed by atoms with van der Waals surface area (Å²) in [5.41, 5.74) is 1.23. The van der Waals surface area contributed by atoms with Gasteiger partial charge in [-0.15, -0.1) is 0 Å². The minimum atomic E-state index is -1.35. The van der Waals surface area contributed by atoms with E-state index in [-0.39, 0.29) is 6.10 Å². The zero-order valence-electron chi connectivity index (χ0n) is 16.2. The predicted octanol–water partition coefficient (Wildman–Crippen LogP) is 6.51. The summed E-state index contributed by atoms with van der Waals surface area (Å²) in [6.45, 7) is 11.0. The quantitative estimate of drug-likeness (QED) is 0.232. The highest BCUT2D eigenvalue weighted by molar-refractivity contribution is 14.1. The van der Waals surface area contributed by atoms with Gasteiger partial charge in [0.2, 0.25) is 0 Å². The van der Waals surface area contributed by atoms with Gasteiger partial charge in [0.25, 0.3) is 0 Å². The first kappa shape index (κ1) is 21.1. The summed E-state index contributed by atoms with van der Waals surface area (Å²) in [7, 11) is -1.35. The Hall–Kier alpha value is -0.173. The van der Waals surface area contributed by atoms with Crippen LogP contribution in [0.3, 0.4) is 0 Å². The second kappa shape index (κ2) is 10.2. The summed E-state index contributed by atoms with van der Waals surface area (Å²) < 4.78 is 14.0. The van der Waals surface area contributed by atoms with Crippen molar-refractivity contribution in [3.05, 3.63) is 44.7 Å². The molecule has 2 rings (SSSR count). The molecule has 0 saturated heterocycles. The van der Waals surface area contributed by atoms with Gasteiger partial charge in [-0.25, -0.2) is 0 Å². The molecule has 140 valence electrons. The van der Waals surface area contributed by atoms with Crippen molar-refractivity contribution in [3.8, 4) is 0 Å². The number of hydrogen-bond donors (Lipinski definition) is 0. The molecule has 25 heavy (non-hydrogen) atoms. The van der Waals surface area contributed by atoms with Gasteiger partial charge in [0.1, 0.15) is 0 Å². The molecular weight excluding hydrogens is 439 g/mol. The Morgan fingerprint density at radius 1 is 1.16 bits per heavy atom. The third-order valence-electron chi connectivity index (χ3n) is 4.67. The summed E-state index contributed by atoms with van der Waals surface area (Å²) in [5.74, 6) is 0. The lowest BCUT2D eigenvalue weighted by molar-refractivity contribution is -0.0547. The third kappa shape index (κ3) is 6.81. The molecule has 1 aromatic carbocycles. The van der Waals surface area contributed by atoms with Crippen molar-refractivity contribution < 1.29 is 9.47 Å². The topological polar surface area (TPSA) is 18.5 Å². The third-order valence-corrected chi connectivity index (χ3v) is 8.44. The maximum absolute atomic E-state index is 6.53. The van der Waals surface area contributed by atoms with Crippen LogP contribution in [0.1, 0.15) is 44.6 Å². The standard InChI is InChI=1S/C21H33IO2Si/c1-5-6-8-13-20-21(25(2,3)4)19(22)14-18(24-20)16-23-15-17-11-9-7-10-12-17/h7,9-12,18,20H,5-6,8,13-16H2,1-4H3/t18-,20-/m1/s1. The number of benzene rings is 1. The minimum Gasteiger partial charge on any atom is -0.374 e. The first-order chi connectivity index (χ1) is 11.9. The highest BCUT2D eigenvalue weighted by atomic mass is 127. The fourth-order valence-electron chi connectivity index (χ4n) is 3.50. The van der Waals surface area contributed by atoms with Gasteiger partial charge in [-0.1, -0.05) is 76.2 Å². The van der Waals surface area contributed by atoms with Crippen LogP contribution in [0.2, 0.25) is 19.6 Å². The summed E-state index contributed by atoms with van der Waals surface area (Å²) in [5, 5.41) is 1.64. The molecule has 1 heterocycles. The molecule has 2 nitrogen and oxygen atoms in total. The van der Waals surface area contributed by atoms with Crippen molar-refractivity contribution in [3.63, 3.8) is 0 Å². The minimum absolute atomic E-state index is 0.197. The molecule has 0 aliphatic carbocycles. The molecule has 0 aromatic heterocycles. The van der Waals surface area contributed by atoms with Crippen molar-refractivity contribution >= 4 is 30.7 Å². The first-order valence-corrected chi connectivity index (χ1v) is 14.2. The second-order valence-electron chi connectivity index (χ2n) is 8.02. The predicted molar refractivity (Wildman–Crippen MR) is 118 cm³/mol. The SMILES string of the molecule is CCCCC[C@H]1O[C@@H](COCc2ccccc2)CC(I)=C1[Si](C)(C)C. The van der Waals surface area contributed by atoms with Crippen LogP contribution in [0.5, 0.6) is 0 Å². The lowest BCUT2D eigenvalue weighted by Gasteiger charge is -2.38. The fraction of sp³-hybridized carbons (Fsp3) is 0.619. The second-order valence-corrected chi connectivity index (χ2v) is 14.4. The van der Waals surface area contributed by atoms with E-state index in [4.69, 9.17) is 9.47 Å². The molecule has 4 heteroatoms. The molecule has 1 aliphatic heterocycles. The average molecular weight is 472 g/mol. The van der Waals surface area contributed by atoms with Gasteiger partial charge in [0.05, 0.1) is 33.5 Å². The van der Waals surface area contributed by atoms with Crippen LogP contribution in [0, 0.1) is 0 Å². The van der Waals surface area contributed by atoms with Gasteiger partial charge in [0, 0.05) is 6.42 Å². The maximum atomic E-state index is 6.53. The Labute approximate surface area is 168 Å². The maximum Gasteiger partial charge on any atom is 0.0861 e. The lowest BCUT2D eigenvalue weighted by Crippen LogP contribution is -2.41. The molecule has 0 bridgehead atoms. The van der Waals surface area contributed by atoms with E-state index in [1.54, 1.807) is 5.20 Å². The molecular formula is C21H33IO2Si. The number of halogens is 1. The first-order valence-electron chi connectivity index (χ1n) is 9.58. The number of ether oxygens (including phenoxy) is 2. The van der Waals surface area contributed by atoms with Gasteiger partial charge in [-0.3, -0.25) is 0 Å². The Balaban J connectivity index is 1.96. The Morgan fingerprint density at radius 3 is 2.52 bits per heavy atom. The molecule has 0 amide bonds. The normalized spacial score (nSPS) is 21.6. The van der Waals surface area contributed by atoms with Crippen molar-refractivity contribution in [1.29, 1.82) is 0 Å². The number of hydrogen-bond acceptors (Lipinski definition) is 2. The van der Waals surface area contributed by atoms with E-state index < -0.39 is 8.07 Å². The lowest BCUT2D eigenvalue weighted by atomic mass is 10.1. The van der Waals surface area contributed by atoms with Gasteiger partial charge < -0.3 is 9.47 Å². The number of rotatable bonds is 9. The van der Waals surface area contributed by atoms with E-state index in [9.17, 15) is 0 Å². The molecule has 0 saturated carbocycles. The van der Waals surface area contributed by atoms with Crippen molar-refractivity contribution in [2.45, 2.75) is 77.5 Å². The molecule has 0 unspecified atom stereocenters. The molecule has 0 fully saturated rings. The van der Waals surface area contributed by atoms with Crippen LogP contribution in [0.15, 0.2) is 39.1 Å². The largest absolute Gasteiger partial charge is 0.374 e. The smallest absolute Gasteiger partial charge is 0.0861 e. The summed E-state index contributed by atoms with van der Waals surface area (Å²) >= 11 is 2.58. The van der Waals surface area contributed by atoms with Crippen LogP contribution < -0.4 is 0 Å². The summed E-state index contributed by atoms with van der Waals surface area (Å²) in [6.07, 6.45) is 6.50. The van der Waals surface area contributed by atoms with Crippen molar-refractivity contribution in [1.82, 2.24) is 0 Å². The van der Waals surface area contributed by atoms with Crippen LogP contribution >= 0.6 is 22.6 Å². The van der Waals surface area contributed by atoms with Gasteiger partial charge in [-0.2, -0.15) is 0 Å². The van der Waals surface area contributed by atoms with Crippen LogP contribution in [-0.2, 0) is 16.1 Å². The molecule has 2 atom stereocenters. The monoisotopic (exact) mass is 472 g/mol. The summed E-state index contributed by atoms with van der Waals surface area (Å²) in [6, 6.07) is 10.4. The Morgan fingerprint density at radius 2 is 1.88 bits per heavy atom. The van der Waals surface area contributed by atoms with E-state index in [1.165, 1.54) is 28.4 Å². The Kier molecular flexibility index (Phi) is 8.65. The van der Waals surface area contributed by atoms with E-state index in [0.717, 1.165) is 12.8 Å². The molecule has 0 radical (unpaired) electrons. The summed E-state index contributed by atoms with van der Waals surface area (Å²) in [4.78, 5) is 0. The van der Waals surface area contributed by atoms with Crippen molar-refractivity contribution in [2.24, 2.45) is 0 Å². The van der Waals surface area contributed by atoms with Crippen LogP contribution in [-0.4, -0.2) is 26.9 Å². The fourth-order valence-corrected chi connectivity index (χ4v) is 8.86. The van der Waals surface area contributed by atoms with Gasteiger partial charge in [0.15, 0.2) is 0 Å². The molecule has 0 N–H and O–H groups in total. The average Bonchev–Trinajstić information content (AvgIpc) is 2.54. The van der Waals surface area contributed by atoms with E-state index in [1.807, 2.05) is 6.07 Å². The van der Waals surface area contributed by atoms with E-state index in [0.29, 0.717) is 19.3 Å². The molecule has 0 spiro atoms. The van der Waals surface area contributed by atoms with E-state index in [2.05, 4.69) is 73.4 Å².